The van der Waals surface area contributed by atoms with Gasteiger partial charge in [-0.3, -0.25) is 4.79 Å². The summed E-state index contributed by atoms with van der Waals surface area (Å²) < 4.78 is 64.9. The van der Waals surface area contributed by atoms with Crippen LogP contribution in [0.2, 0.25) is 0 Å². The first-order valence-electron chi connectivity index (χ1n) is 6.70. The minimum atomic E-state index is -4.46. The molecule has 1 aromatic rings. The topological polar surface area (TPSA) is 76.6 Å². The predicted molar refractivity (Wildman–Crippen MR) is 74.6 cm³/mol. The Labute approximate surface area is 131 Å². The van der Waals surface area contributed by atoms with Gasteiger partial charge in [-0.05, 0) is 6.07 Å². The van der Waals surface area contributed by atoms with Crippen molar-refractivity contribution in [3.63, 3.8) is 0 Å². The van der Waals surface area contributed by atoms with Gasteiger partial charge in [-0.15, -0.1) is 0 Å². The minimum Gasteiger partial charge on any atom is -0.472 e. The first-order valence-corrected chi connectivity index (χ1v) is 8.76. The predicted octanol–water partition coefficient (Wildman–Crippen LogP) is 1.12. The molecule has 2 heterocycles. The molecule has 1 saturated heterocycles. The number of ether oxygens (including phenoxy) is 1. The number of rotatable bonds is 4. The van der Waals surface area contributed by atoms with Gasteiger partial charge >= 0.3 is 6.18 Å². The summed E-state index contributed by atoms with van der Waals surface area (Å²) >= 11 is 0. The largest absolute Gasteiger partial charge is 0.472 e. The highest BCUT2D eigenvalue weighted by Gasteiger charge is 2.32. The first-order chi connectivity index (χ1) is 10.5. The van der Waals surface area contributed by atoms with Crippen molar-refractivity contribution >= 4 is 15.7 Å². The van der Waals surface area contributed by atoms with Crippen LogP contribution in [0.15, 0.2) is 18.3 Å². The van der Waals surface area contributed by atoms with Crippen LogP contribution >= 0.6 is 0 Å². The van der Waals surface area contributed by atoms with E-state index in [-0.39, 0.29) is 12.4 Å². The lowest BCUT2D eigenvalue weighted by atomic mass is 10.3. The molecule has 0 bridgehead atoms. The summed E-state index contributed by atoms with van der Waals surface area (Å²) in [6, 6.07) is 1.98. The fourth-order valence-corrected chi connectivity index (χ4v) is 2.79. The van der Waals surface area contributed by atoms with Crippen LogP contribution in [0.4, 0.5) is 13.2 Å². The number of carbonyl (C=O) groups excluding carboxylic acids is 1. The third kappa shape index (κ3) is 5.08. The zero-order valence-electron chi connectivity index (χ0n) is 12.2. The van der Waals surface area contributed by atoms with Gasteiger partial charge in [0.2, 0.25) is 11.8 Å². The maximum atomic E-state index is 12.4. The van der Waals surface area contributed by atoms with E-state index in [2.05, 4.69) is 4.98 Å². The van der Waals surface area contributed by atoms with Crippen molar-refractivity contribution in [2.45, 2.75) is 18.7 Å². The molecule has 0 aliphatic carbocycles. The lowest BCUT2D eigenvalue weighted by Gasteiger charge is -2.16. The molecule has 0 aromatic carbocycles. The maximum absolute atomic E-state index is 12.4. The normalized spacial score (nSPS) is 19.0. The van der Waals surface area contributed by atoms with Crippen LogP contribution in [-0.4, -0.2) is 55.4 Å². The standard InChI is InChI=1S/C13H15F3N2O4S/c1-23(20,21)8-12(19)18-5-4-10(7-18)22-11-3-2-9(6-17-11)13(14,15)16/h2-3,6,10H,4-5,7-8H2,1H3. The number of halogens is 3. The monoisotopic (exact) mass is 352 g/mol. The van der Waals surface area contributed by atoms with Gasteiger partial charge in [0.1, 0.15) is 11.9 Å². The molecular formula is C13H15F3N2O4S. The molecule has 0 saturated carbocycles. The molecule has 10 heteroatoms. The Morgan fingerprint density at radius 2 is 2.13 bits per heavy atom. The molecule has 23 heavy (non-hydrogen) atoms. The van der Waals surface area contributed by atoms with E-state index in [1.54, 1.807) is 0 Å². The molecule has 1 unspecified atom stereocenters. The Kier molecular flexibility index (Phi) is 4.83. The van der Waals surface area contributed by atoms with Crippen LogP contribution < -0.4 is 4.74 Å². The molecule has 1 atom stereocenters. The van der Waals surface area contributed by atoms with Gasteiger partial charge in [0, 0.05) is 31.5 Å². The Bertz CT molecular complexity index is 673. The molecule has 1 aromatic heterocycles. The van der Waals surface area contributed by atoms with Crippen molar-refractivity contribution < 1.29 is 31.1 Å². The van der Waals surface area contributed by atoms with Crippen LogP contribution in [0.25, 0.3) is 0 Å². The lowest BCUT2D eigenvalue weighted by molar-refractivity contribution is -0.137. The van der Waals surface area contributed by atoms with E-state index < -0.39 is 39.3 Å². The highest BCUT2D eigenvalue weighted by molar-refractivity contribution is 7.91. The lowest BCUT2D eigenvalue weighted by Crippen LogP contribution is -2.35. The molecule has 6 nitrogen and oxygen atoms in total. The summed E-state index contributed by atoms with van der Waals surface area (Å²) in [4.78, 5) is 16.7. The third-order valence-corrected chi connectivity index (χ3v) is 4.01. The van der Waals surface area contributed by atoms with Crippen molar-refractivity contribution in [2.75, 3.05) is 25.1 Å². The molecule has 1 aliphatic heterocycles. The van der Waals surface area contributed by atoms with E-state index in [1.165, 1.54) is 4.90 Å². The molecule has 1 aliphatic rings. The fourth-order valence-electron chi connectivity index (χ4n) is 2.15. The molecule has 0 radical (unpaired) electrons. The van der Waals surface area contributed by atoms with Gasteiger partial charge < -0.3 is 9.64 Å². The number of sulfone groups is 1. The molecule has 0 spiro atoms. The average molecular weight is 352 g/mol. The first kappa shape index (κ1) is 17.5. The number of aromatic nitrogens is 1. The molecule has 128 valence electrons. The van der Waals surface area contributed by atoms with Crippen LogP contribution in [0.1, 0.15) is 12.0 Å². The van der Waals surface area contributed by atoms with E-state index in [9.17, 15) is 26.4 Å². The van der Waals surface area contributed by atoms with Gasteiger partial charge in [-0.25, -0.2) is 13.4 Å². The minimum absolute atomic E-state index is 0.0282. The number of amides is 1. The van der Waals surface area contributed by atoms with E-state index in [0.717, 1.165) is 18.4 Å². The zero-order valence-corrected chi connectivity index (χ0v) is 13.0. The Balaban J connectivity index is 1.92. The van der Waals surface area contributed by atoms with Crippen LogP contribution in [-0.2, 0) is 20.8 Å². The number of hydrogen-bond donors (Lipinski definition) is 0. The second kappa shape index (κ2) is 6.34. The molecule has 2 rings (SSSR count). The number of pyridine rings is 1. The molecular weight excluding hydrogens is 337 g/mol. The molecule has 1 fully saturated rings. The summed E-state index contributed by atoms with van der Waals surface area (Å²) in [5, 5.41) is 0. The van der Waals surface area contributed by atoms with E-state index in [0.29, 0.717) is 19.2 Å². The number of alkyl halides is 3. The fraction of sp³-hybridized carbons (Fsp3) is 0.538. The van der Waals surface area contributed by atoms with Gasteiger partial charge in [0.25, 0.3) is 0 Å². The quantitative estimate of drug-likeness (QED) is 0.812. The summed E-state index contributed by atoms with van der Waals surface area (Å²) in [5.41, 5.74) is -0.874. The smallest absolute Gasteiger partial charge is 0.417 e. The zero-order chi connectivity index (χ0) is 17.3. The summed E-state index contributed by atoms with van der Waals surface area (Å²) in [7, 11) is -3.41. The van der Waals surface area contributed by atoms with E-state index in [4.69, 9.17) is 4.74 Å². The number of nitrogens with zero attached hydrogens (tertiary/aromatic N) is 2. The van der Waals surface area contributed by atoms with Crippen molar-refractivity contribution in [3.8, 4) is 5.88 Å². The second-order valence-corrected chi connectivity index (χ2v) is 7.46. The number of hydrogen-bond acceptors (Lipinski definition) is 5. The summed E-state index contributed by atoms with van der Waals surface area (Å²) in [6.07, 6.45) is -2.79. The van der Waals surface area contributed by atoms with Crippen LogP contribution in [0.5, 0.6) is 5.88 Å². The SMILES string of the molecule is CS(=O)(=O)CC(=O)N1CCC(Oc2ccc(C(F)(F)F)cn2)C1. The Hall–Kier alpha value is -1.84. The van der Waals surface area contributed by atoms with E-state index in [1.807, 2.05) is 0 Å². The Morgan fingerprint density at radius 3 is 2.65 bits per heavy atom. The van der Waals surface area contributed by atoms with Crippen molar-refractivity contribution in [3.05, 3.63) is 23.9 Å². The highest BCUT2D eigenvalue weighted by atomic mass is 32.2. The summed E-state index contributed by atoms with van der Waals surface area (Å²) in [5.74, 6) is -1.06. The van der Waals surface area contributed by atoms with Gasteiger partial charge in [-0.1, -0.05) is 0 Å². The second-order valence-electron chi connectivity index (χ2n) is 5.32. The van der Waals surface area contributed by atoms with Crippen molar-refractivity contribution in [2.24, 2.45) is 0 Å². The highest BCUT2D eigenvalue weighted by Crippen LogP contribution is 2.29. The molecule has 1 amide bonds. The van der Waals surface area contributed by atoms with Crippen molar-refractivity contribution in [1.29, 1.82) is 0 Å². The molecule has 0 N–H and O–H groups in total. The van der Waals surface area contributed by atoms with Crippen molar-refractivity contribution in [1.82, 2.24) is 9.88 Å². The maximum Gasteiger partial charge on any atom is 0.417 e. The number of carbonyl (C=O) groups is 1. The van der Waals surface area contributed by atoms with Crippen LogP contribution in [0.3, 0.4) is 0 Å². The average Bonchev–Trinajstić information content (AvgIpc) is 2.85. The van der Waals surface area contributed by atoms with Gasteiger partial charge in [0.15, 0.2) is 9.84 Å². The van der Waals surface area contributed by atoms with Gasteiger partial charge in [-0.2, -0.15) is 13.2 Å². The third-order valence-electron chi connectivity index (χ3n) is 3.23. The van der Waals surface area contributed by atoms with Crippen LogP contribution in [0, 0.1) is 0 Å². The van der Waals surface area contributed by atoms with Gasteiger partial charge in [0.05, 0.1) is 12.1 Å². The number of likely N-dealkylation sites (tertiary alicyclic amines) is 1. The Morgan fingerprint density at radius 1 is 1.43 bits per heavy atom. The summed E-state index contributed by atoms with van der Waals surface area (Å²) in [6.45, 7) is 0.511. The van der Waals surface area contributed by atoms with E-state index >= 15 is 0 Å².